The molecule has 0 heterocycles. The fourth-order valence-corrected chi connectivity index (χ4v) is 2.93. The summed E-state index contributed by atoms with van der Waals surface area (Å²) in [7, 11) is 1.57. The van der Waals surface area contributed by atoms with E-state index in [0.29, 0.717) is 10.7 Å². The van der Waals surface area contributed by atoms with Crippen LogP contribution in [0.3, 0.4) is 0 Å². The van der Waals surface area contributed by atoms with Crippen molar-refractivity contribution in [1.82, 2.24) is 0 Å². The van der Waals surface area contributed by atoms with Gasteiger partial charge in [-0.2, -0.15) is 0 Å². The highest BCUT2D eigenvalue weighted by Crippen LogP contribution is 2.50. The second-order valence-electron chi connectivity index (χ2n) is 5.47. The predicted octanol–water partition coefficient (Wildman–Crippen LogP) is 4.38. The Hall–Kier alpha value is -1.94. The van der Waals surface area contributed by atoms with Crippen LogP contribution in [0.2, 0.25) is 5.02 Å². The fourth-order valence-electron chi connectivity index (χ4n) is 2.66. The average molecular weight is 322 g/mol. The Kier molecular flexibility index (Phi) is 3.87. The van der Waals surface area contributed by atoms with Gasteiger partial charge >= 0.3 is 0 Å². The number of amides is 1. The van der Waals surface area contributed by atoms with E-state index in [9.17, 15) is 13.6 Å². The Labute approximate surface area is 132 Å². The van der Waals surface area contributed by atoms with E-state index >= 15 is 0 Å². The fraction of sp³-hybridized carbons (Fsp3) is 0.235. The van der Waals surface area contributed by atoms with E-state index in [2.05, 4.69) is 0 Å². The SMILES string of the molecule is CN(C(=O)C1CC1c1ccccc1Cl)c1ccc(F)c(F)c1. The summed E-state index contributed by atoms with van der Waals surface area (Å²) in [5.74, 6) is -2.08. The Morgan fingerprint density at radius 1 is 1.18 bits per heavy atom. The molecule has 2 aromatic rings. The maximum Gasteiger partial charge on any atom is 0.230 e. The van der Waals surface area contributed by atoms with E-state index in [-0.39, 0.29) is 17.7 Å². The summed E-state index contributed by atoms with van der Waals surface area (Å²) in [6, 6.07) is 10.9. The molecule has 0 bridgehead atoms. The highest BCUT2D eigenvalue weighted by atomic mass is 35.5. The van der Waals surface area contributed by atoms with Crippen molar-refractivity contribution in [3.05, 3.63) is 64.7 Å². The third-order valence-electron chi connectivity index (χ3n) is 4.03. The molecule has 0 spiro atoms. The number of rotatable bonds is 3. The lowest BCUT2D eigenvalue weighted by Crippen LogP contribution is -2.28. The van der Waals surface area contributed by atoms with Crippen molar-refractivity contribution in [2.24, 2.45) is 5.92 Å². The van der Waals surface area contributed by atoms with E-state index in [1.54, 1.807) is 13.1 Å². The van der Waals surface area contributed by atoms with Gasteiger partial charge in [0.05, 0.1) is 0 Å². The lowest BCUT2D eigenvalue weighted by atomic mass is 10.1. The molecule has 0 saturated heterocycles. The van der Waals surface area contributed by atoms with Crippen molar-refractivity contribution in [2.45, 2.75) is 12.3 Å². The first-order valence-electron chi connectivity index (χ1n) is 6.96. The van der Waals surface area contributed by atoms with E-state index in [0.717, 1.165) is 24.1 Å². The van der Waals surface area contributed by atoms with Gasteiger partial charge < -0.3 is 4.90 Å². The zero-order valence-corrected chi connectivity index (χ0v) is 12.6. The van der Waals surface area contributed by atoms with Gasteiger partial charge in [-0.3, -0.25) is 4.79 Å². The van der Waals surface area contributed by atoms with Crippen LogP contribution in [0.5, 0.6) is 0 Å². The topological polar surface area (TPSA) is 20.3 Å². The largest absolute Gasteiger partial charge is 0.315 e. The van der Waals surface area contributed by atoms with Crippen molar-refractivity contribution in [2.75, 3.05) is 11.9 Å². The molecule has 0 aliphatic heterocycles. The van der Waals surface area contributed by atoms with E-state index in [4.69, 9.17) is 11.6 Å². The van der Waals surface area contributed by atoms with Gasteiger partial charge in [-0.05, 0) is 36.1 Å². The molecule has 2 nitrogen and oxygen atoms in total. The third kappa shape index (κ3) is 2.71. The minimum Gasteiger partial charge on any atom is -0.315 e. The van der Waals surface area contributed by atoms with Gasteiger partial charge in [0.1, 0.15) is 0 Å². The highest BCUT2D eigenvalue weighted by Gasteiger charge is 2.46. The average Bonchev–Trinajstić information content (AvgIpc) is 3.29. The van der Waals surface area contributed by atoms with Crippen LogP contribution in [0.25, 0.3) is 0 Å². The van der Waals surface area contributed by atoms with Crippen LogP contribution in [-0.2, 0) is 4.79 Å². The first-order chi connectivity index (χ1) is 10.5. The van der Waals surface area contributed by atoms with Crippen molar-refractivity contribution in [3.8, 4) is 0 Å². The summed E-state index contributed by atoms with van der Waals surface area (Å²) in [4.78, 5) is 13.8. The molecule has 2 atom stereocenters. The van der Waals surface area contributed by atoms with E-state index in [1.807, 2.05) is 18.2 Å². The molecule has 0 radical (unpaired) electrons. The molecular weight excluding hydrogens is 308 g/mol. The summed E-state index contributed by atoms with van der Waals surface area (Å²) >= 11 is 6.15. The molecule has 1 aliphatic carbocycles. The van der Waals surface area contributed by atoms with Gasteiger partial charge in [-0.15, -0.1) is 0 Å². The molecule has 2 aromatic carbocycles. The van der Waals surface area contributed by atoms with Gasteiger partial charge in [0.25, 0.3) is 0 Å². The molecule has 0 N–H and O–H groups in total. The lowest BCUT2D eigenvalue weighted by Gasteiger charge is -2.17. The van der Waals surface area contributed by atoms with Gasteiger partial charge in [0.15, 0.2) is 11.6 Å². The maximum absolute atomic E-state index is 13.3. The normalized spacial score (nSPS) is 19.8. The van der Waals surface area contributed by atoms with Crippen LogP contribution in [0, 0.1) is 17.6 Å². The van der Waals surface area contributed by atoms with Crippen molar-refractivity contribution < 1.29 is 13.6 Å². The number of hydrogen-bond acceptors (Lipinski definition) is 1. The standard InChI is InChI=1S/C17H14ClF2NO/c1-21(10-6-7-15(19)16(20)8-10)17(22)13-9-12(13)11-4-2-3-5-14(11)18/h2-8,12-13H,9H2,1H3. The van der Waals surface area contributed by atoms with Crippen LogP contribution >= 0.6 is 11.6 Å². The number of carbonyl (C=O) groups excluding carboxylic acids is 1. The monoisotopic (exact) mass is 321 g/mol. The Morgan fingerprint density at radius 3 is 2.59 bits per heavy atom. The number of hydrogen-bond donors (Lipinski definition) is 0. The summed E-state index contributed by atoms with van der Waals surface area (Å²) in [6.45, 7) is 0. The minimum absolute atomic E-state index is 0.0916. The van der Waals surface area contributed by atoms with Crippen molar-refractivity contribution in [3.63, 3.8) is 0 Å². The molecule has 1 amide bonds. The molecule has 1 saturated carbocycles. The molecule has 22 heavy (non-hydrogen) atoms. The quantitative estimate of drug-likeness (QED) is 0.821. The smallest absolute Gasteiger partial charge is 0.230 e. The summed E-state index contributed by atoms with van der Waals surface area (Å²) in [6.07, 6.45) is 0.719. The van der Waals surface area contributed by atoms with Gasteiger partial charge in [0, 0.05) is 29.7 Å². The Balaban J connectivity index is 1.75. The number of halogens is 3. The second kappa shape index (κ2) is 5.69. The second-order valence-corrected chi connectivity index (χ2v) is 5.87. The Morgan fingerprint density at radius 2 is 1.91 bits per heavy atom. The summed E-state index contributed by atoms with van der Waals surface area (Å²) in [5.41, 5.74) is 1.30. The Bertz CT molecular complexity index is 734. The van der Waals surface area contributed by atoms with Crippen molar-refractivity contribution in [1.29, 1.82) is 0 Å². The molecule has 5 heteroatoms. The predicted molar refractivity (Wildman–Crippen MR) is 82.1 cm³/mol. The first kappa shape index (κ1) is 15.0. The maximum atomic E-state index is 13.3. The summed E-state index contributed by atoms with van der Waals surface area (Å²) in [5, 5.41) is 0.651. The van der Waals surface area contributed by atoms with Gasteiger partial charge in [0.2, 0.25) is 5.91 Å². The van der Waals surface area contributed by atoms with Crippen LogP contribution in [0.4, 0.5) is 14.5 Å². The third-order valence-corrected chi connectivity index (χ3v) is 4.38. The van der Waals surface area contributed by atoms with Crippen LogP contribution in [0.1, 0.15) is 17.9 Å². The van der Waals surface area contributed by atoms with Crippen molar-refractivity contribution >= 4 is 23.2 Å². The molecule has 1 fully saturated rings. The van der Waals surface area contributed by atoms with Gasteiger partial charge in [-0.1, -0.05) is 29.8 Å². The highest BCUT2D eigenvalue weighted by molar-refractivity contribution is 6.31. The lowest BCUT2D eigenvalue weighted by molar-refractivity contribution is -0.119. The number of carbonyl (C=O) groups is 1. The number of nitrogens with zero attached hydrogens (tertiary/aromatic N) is 1. The molecule has 0 aromatic heterocycles. The van der Waals surface area contributed by atoms with Crippen LogP contribution in [0.15, 0.2) is 42.5 Å². The first-order valence-corrected chi connectivity index (χ1v) is 7.34. The molecular formula is C17H14ClF2NO. The van der Waals surface area contributed by atoms with Crippen LogP contribution in [-0.4, -0.2) is 13.0 Å². The number of benzene rings is 2. The molecule has 2 unspecified atom stereocenters. The summed E-state index contributed by atoms with van der Waals surface area (Å²) < 4.78 is 26.3. The van der Waals surface area contributed by atoms with E-state index < -0.39 is 11.6 Å². The molecule has 3 rings (SSSR count). The zero-order chi connectivity index (χ0) is 15.9. The van der Waals surface area contributed by atoms with E-state index in [1.165, 1.54) is 11.0 Å². The van der Waals surface area contributed by atoms with Crippen LogP contribution < -0.4 is 4.90 Å². The zero-order valence-electron chi connectivity index (χ0n) is 11.9. The molecule has 1 aliphatic rings. The van der Waals surface area contributed by atoms with Gasteiger partial charge in [-0.25, -0.2) is 8.78 Å². The molecule has 114 valence electrons. The number of anilines is 1. The minimum atomic E-state index is -0.962.